The maximum atomic E-state index is 11.3. The summed E-state index contributed by atoms with van der Waals surface area (Å²) < 4.78 is 0. The van der Waals surface area contributed by atoms with Gasteiger partial charge in [0.25, 0.3) is 0 Å². The number of rotatable bonds is 10. The van der Waals surface area contributed by atoms with E-state index in [-0.39, 0.29) is 11.8 Å². The molecule has 0 aliphatic rings. The van der Waals surface area contributed by atoms with Crippen LogP contribution in [0.5, 0.6) is 0 Å². The minimum absolute atomic E-state index is 0.0183. The fourth-order valence-electron chi connectivity index (χ4n) is 2.29. The maximum absolute atomic E-state index is 11.3. The smallest absolute Gasteiger partial charge is 0.219 e. The third-order valence-corrected chi connectivity index (χ3v) is 3.64. The summed E-state index contributed by atoms with van der Waals surface area (Å²) in [6, 6.07) is 11.5. The number of nitrogens with zero attached hydrogens (tertiary/aromatic N) is 2. The van der Waals surface area contributed by atoms with Crippen LogP contribution in [0.4, 0.5) is 11.6 Å². The lowest BCUT2D eigenvalue weighted by molar-refractivity contribution is -0.121. The van der Waals surface area contributed by atoms with E-state index in [1.54, 1.807) is 0 Å². The highest BCUT2D eigenvalue weighted by molar-refractivity contribution is 5.75. The summed E-state index contributed by atoms with van der Waals surface area (Å²) in [6.07, 6.45) is 0.466. The summed E-state index contributed by atoms with van der Waals surface area (Å²) in [5.74, 6) is 1.87. The van der Waals surface area contributed by atoms with E-state index in [9.17, 15) is 9.59 Å². The molecule has 1 aromatic heterocycles. The first-order valence-electron chi connectivity index (χ1n) is 9.02. The molecule has 0 atom stereocenters. The fourth-order valence-corrected chi connectivity index (χ4v) is 2.29. The Bertz CT molecular complexity index is 751. The molecule has 8 nitrogen and oxygen atoms in total. The van der Waals surface area contributed by atoms with Gasteiger partial charge in [0.1, 0.15) is 11.6 Å². The molecular formula is C19H26N6O2. The highest BCUT2D eigenvalue weighted by atomic mass is 16.2. The number of benzene rings is 1. The van der Waals surface area contributed by atoms with Gasteiger partial charge in [-0.25, -0.2) is 9.97 Å². The minimum atomic E-state index is -0.0686. The van der Waals surface area contributed by atoms with Crippen molar-refractivity contribution in [2.45, 2.75) is 20.3 Å². The van der Waals surface area contributed by atoms with Crippen LogP contribution in [0, 0.1) is 0 Å². The molecule has 8 heteroatoms. The average Bonchev–Trinajstić information content (AvgIpc) is 2.69. The lowest BCUT2D eigenvalue weighted by Gasteiger charge is -2.12. The molecule has 144 valence electrons. The van der Waals surface area contributed by atoms with Crippen LogP contribution in [0.2, 0.25) is 0 Å². The Morgan fingerprint density at radius 1 is 0.889 bits per heavy atom. The highest BCUT2D eigenvalue weighted by Crippen LogP contribution is 2.19. The van der Waals surface area contributed by atoms with Gasteiger partial charge >= 0.3 is 0 Å². The standard InChI is InChI=1S/C19H26N6O2/c1-3-18(27)23-12-11-22-17-13-16(21-10-9-20-14(2)26)24-19(25-17)15-7-5-4-6-8-15/h4-8,13H,3,9-12H2,1-2H3,(H,20,26)(H,23,27)(H2,21,22,24,25). The van der Waals surface area contributed by atoms with Crippen LogP contribution in [0.1, 0.15) is 20.3 Å². The van der Waals surface area contributed by atoms with E-state index in [2.05, 4.69) is 31.2 Å². The Morgan fingerprint density at radius 3 is 2.04 bits per heavy atom. The number of carbonyl (C=O) groups excluding carboxylic acids is 2. The molecule has 2 amide bonds. The molecule has 0 spiro atoms. The summed E-state index contributed by atoms with van der Waals surface area (Å²) in [5.41, 5.74) is 0.908. The average molecular weight is 370 g/mol. The molecule has 0 fully saturated rings. The number of nitrogens with one attached hydrogen (secondary N) is 4. The Hall–Kier alpha value is -3.16. The minimum Gasteiger partial charge on any atom is -0.368 e. The SMILES string of the molecule is CCC(=O)NCCNc1cc(NCCNC(C)=O)nc(-c2ccccc2)n1. The van der Waals surface area contributed by atoms with Crippen LogP contribution < -0.4 is 21.3 Å². The molecule has 0 unspecified atom stereocenters. The Labute approximate surface area is 159 Å². The second kappa shape index (κ2) is 10.7. The Morgan fingerprint density at radius 2 is 1.48 bits per heavy atom. The van der Waals surface area contributed by atoms with Crippen molar-refractivity contribution in [2.24, 2.45) is 0 Å². The molecule has 0 aliphatic carbocycles. The molecule has 2 rings (SSSR count). The summed E-state index contributed by atoms with van der Waals surface area (Å²) in [7, 11) is 0. The van der Waals surface area contributed by atoms with Crippen LogP contribution in [0.25, 0.3) is 11.4 Å². The van der Waals surface area contributed by atoms with Crippen LogP contribution in [0.3, 0.4) is 0 Å². The number of aromatic nitrogens is 2. The van der Waals surface area contributed by atoms with Gasteiger partial charge in [-0.2, -0.15) is 0 Å². The lowest BCUT2D eigenvalue weighted by Crippen LogP contribution is -2.28. The van der Waals surface area contributed by atoms with Crippen LogP contribution in [0.15, 0.2) is 36.4 Å². The van der Waals surface area contributed by atoms with E-state index in [1.165, 1.54) is 6.92 Å². The van der Waals surface area contributed by atoms with Crippen molar-refractivity contribution in [3.8, 4) is 11.4 Å². The van der Waals surface area contributed by atoms with Crippen molar-refractivity contribution in [3.05, 3.63) is 36.4 Å². The second-order valence-corrected chi connectivity index (χ2v) is 5.87. The van der Waals surface area contributed by atoms with Gasteiger partial charge in [-0.15, -0.1) is 0 Å². The van der Waals surface area contributed by atoms with Crippen molar-refractivity contribution in [1.29, 1.82) is 0 Å². The van der Waals surface area contributed by atoms with Gasteiger partial charge in [0.2, 0.25) is 11.8 Å². The molecule has 27 heavy (non-hydrogen) atoms. The predicted octanol–water partition coefficient (Wildman–Crippen LogP) is 1.63. The maximum Gasteiger partial charge on any atom is 0.219 e. The first-order chi connectivity index (χ1) is 13.1. The van der Waals surface area contributed by atoms with E-state index < -0.39 is 0 Å². The van der Waals surface area contributed by atoms with E-state index in [0.717, 1.165) is 5.56 Å². The molecule has 0 saturated carbocycles. The van der Waals surface area contributed by atoms with Gasteiger partial charge in [-0.05, 0) is 0 Å². The lowest BCUT2D eigenvalue weighted by atomic mass is 10.2. The van der Waals surface area contributed by atoms with Gasteiger partial charge in [-0.1, -0.05) is 37.3 Å². The van der Waals surface area contributed by atoms with Gasteiger partial charge in [0.05, 0.1) is 0 Å². The topological polar surface area (TPSA) is 108 Å². The first kappa shape index (κ1) is 20.2. The van der Waals surface area contributed by atoms with Crippen molar-refractivity contribution in [2.75, 3.05) is 36.8 Å². The zero-order valence-electron chi connectivity index (χ0n) is 15.7. The van der Waals surface area contributed by atoms with Crippen molar-refractivity contribution >= 4 is 23.5 Å². The zero-order chi connectivity index (χ0) is 19.5. The number of anilines is 2. The zero-order valence-corrected chi connectivity index (χ0v) is 15.7. The Kier molecular flexibility index (Phi) is 8.02. The normalized spacial score (nSPS) is 10.1. The van der Waals surface area contributed by atoms with E-state index in [4.69, 9.17) is 0 Å². The van der Waals surface area contributed by atoms with Gasteiger partial charge in [0.15, 0.2) is 5.82 Å². The first-order valence-corrected chi connectivity index (χ1v) is 9.02. The molecule has 1 heterocycles. The third-order valence-electron chi connectivity index (χ3n) is 3.64. The molecule has 2 aromatic rings. The van der Waals surface area contributed by atoms with Gasteiger partial charge < -0.3 is 21.3 Å². The number of hydrogen-bond donors (Lipinski definition) is 4. The van der Waals surface area contributed by atoms with E-state index in [0.29, 0.717) is 50.1 Å². The third kappa shape index (κ3) is 7.31. The quantitative estimate of drug-likeness (QED) is 0.474. The fraction of sp³-hybridized carbons (Fsp3) is 0.368. The van der Waals surface area contributed by atoms with Gasteiger partial charge in [-0.3, -0.25) is 9.59 Å². The number of hydrogen-bond acceptors (Lipinski definition) is 6. The van der Waals surface area contributed by atoms with Crippen LogP contribution in [-0.2, 0) is 9.59 Å². The predicted molar refractivity (Wildman–Crippen MR) is 106 cm³/mol. The molecule has 4 N–H and O–H groups in total. The molecule has 0 saturated heterocycles. The van der Waals surface area contributed by atoms with E-state index >= 15 is 0 Å². The number of carbonyl (C=O) groups is 2. The number of amides is 2. The monoisotopic (exact) mass is 370 g/mol. The molecule has 0 aliphatic heterocycles. The van der Waals surface area contributed by atoms with Crippen molar-refractivity contribution < 1.29 is 9.59 Å². The van der Waals surface area contributed by atoms with Gasteiger partial charge in [0, 0.05) is 51.2 Å². The largest absolute Gasteiger partial charge is 0.368 e. The van der Waals surface area contributed by atoms with E-state index in [1.807, 2.05) is 43.3 Å². The van der Waals surface area contributed by atoms with Crippen molar-refractivity contribution in [3.63, 3.8) is 0 Å². The van der Waals surface area contributed by atoms with Crippen LogP contribution >= 0.6 is 0 Å². The summed E-state index contributed by atoms with van der Waals surface area (Å²) in [6.45, 7) is 5.43. The molecule has 1 aromatic carbocycles. The molecule has 0 radical (unpaired) electrons. The second-order valence-electron chi connectivity index (χ2n) is 5.87. The highest BCUT2D eigenvalue weighted by Gasteiger charge is 2.07. The molecular weight excluding hydrogens is 344 g/mol. The molecule has 0 bridgehead atoms. The summed E-state index contributed by atoms with van der Waals surface area (Å²) in [5, 5.41) is 11.9. The van der Waals surface area contributed by atoms with Crippen LogP contribution in [-0.4, -0.2) is 48.0 Å². The summed E-state index contributed by atoms with van der Waals surface area (Å²) >= 11 is 0. The summed E-state index contributed by atoms with van der Waals surface area (Å²) in [4.78, 5) is 31.4. The van der Waals surface area contributed by atoms with Crippen molar-refractivity contribution in [1.82, 2.24) is 20.6 Å². The Balaban J connectivity index is 2.05.